The lowest BCUT2D eigenvalue weighted by atomic mass is 10.2. The minimum absolute atomic E-state index is 0.170. The molecule has 1 aliphatic carbocycles. The largest absolute Gasteiger partial charge is 0.416 e. The summed E-state index contributed by atoms with van der Waals surface area (Å²) < 4.78 is 63.9. The van der Waals surface area contributed by atoms with E-state index in [1.807, 2.05) is 0 Å². The predicted molar refractivity (Wildman–Crippen MR) is 55.4 cm³/mol. The summed E-state index contributed by atoms with van der Waals surface area (Å²) in [5.41, 5.74) is -0.902. The second kappa shape index (κ2) is 4.37. The van der Waals surface area contributed by atoms with Gasteiger partial charge in [-0.25, -0.2) is 13.8 Å². The second-order valence-corrected chi connectivity index (χ2v) is 4.28. The number of anilines is 1. The average Bonchev–Trinajstić information content (AvgIpc) is 2.58. The molecule has 1 aromatic rings. The van der Waals surface area contributed by atoms with Crippen molar-refractivity contribution in [3.63, 3.8) is 0 Å². The Morgan fingerprint density at radius 1 is 1.33 bits per heavy atom. The number of aromatic nitrogens is 1. The van der Waals surface area contributed by atoms with Crippen molar-refractivity contribution in [2.75, 3.05) is 5.32 Å². The van der Waals surface area contributed by atoms with Crippen LogP contribution in [0.5, 0.6) is 0 Å². The summed E-state index contributed by atoms with van der Waals surface area (Å²) in [7, 11) is 0. The van der Waals surface area contributed by atoms with E-state index in [9.17, 15) is 22.0 Å². The Kier molecular flexibility index (Phi) is 3.16. The molecule has 0 aromatic carbocycles. The molecule has 18 heavy (non-hydrogen) atoms. The van der Waals surface area contributed by atoms with Crippen LogP contribution in [0.1, 0.15) is 24.8 Å². The number of pyridine rings is 1. The van der Waals surface area contributed by atoms with Gasteiger partial charge in [0.1, 0.15) is 5.82 Å². The van der Waals surface area contributed by atoms with Gasteiger partial charge in [0, 0.05) is 12.6 Å². The van der Waals surface area contributed by atoms with Crippen LogP contribution in [0.2, 0.25) is 0 Å². The Labute approximate surface area is 100 Å². The Hall–Kier alpha value is -1.40. The Morgan fingerprint density at radius 3 is 2.61 bits per heavy atom. The summed E-state index contributed by atoms with van der Waals surface area (Å²) in [6.45, 7) is 0. The molecule has 0 radical (unpaired) electrons. The predicted octanol–water partition coefficient (Wildman–Crippen LogP) is 3.70. The molecule has 1 N–H and O–H groups in total. The number of nitrogens with zero attached hydrogens (tertiary/aromatic N) is 1. The van der Waals surface area contributed by atoms with Crippen molar-refractivity contribution in [3.8, 4) is 0 Å². The molecular formula is C11H11F5N2. The van der Waals surface area contributed by atoms with Gasteiger partial charge in [-0.15, -0.1) is 0 Å². The molecule has 2 rings (SSSR count). The maximum absolute atomic E-state index is 13.3. The van der Waals surface area contributed by atoms with Crippen molar-refractivity contribution in [2.24, 2.45) is 0 Å². The fourth-order valence-corrected chi connectivity index (χ4v) is 1.97. The van der Waals surface area contributed by atoms with E-state index < -0.39 is 23.7 Å². The first-order valence-corrected chi connectivity index (χ1v) is 5.47. The van der Waals surface area contributed by atoms with E-state index in [4.69, 9.17) is 0 Å². The number of nitrogens with one attached hydrogen (secondary N) is 1. The van der Waals surface area contributed by atoms with E-state index in [1.165, 1.54) is 0 Å². The summed E-state index contributed by atoms with van der Waals surface area (Å²) in [5.74, 6) is -3.06. The number of halogens is 5. The van der Waals surface area contributed by atoms with Crippen molar-refractivity contribution < 1.29 is 22.0 Å². The number of hydrogen-bond donors (Lipinski definition) is 1. The van der Waals surface area contributed by atoms with Crippen LogP contribution in [0.25, 0.3) is 0 Å². The molecule has 0 saturated heterocycles. The topological polar surface area (TPSA) is 24.9 Å². The Bertz CT molecular complexity index is 430. The van der Waals surface area contributed by atoms with Crippen molar-refractivity contribution in [1.29, 1.82) is 0 Å². The van der Waals surface area contributed by atoms with Crippen LogP contribution in [0.4, 0.5) is 27.8 Å². The van der Waals surface area contributed by atoms with Crippen molar-refractivity contribution >= 4 is 5.82 Å². The average molecular weight is 266 g/mol. The van der Waals surface area contributed by atoms with Gasteiger partial charge < -0.3 is 5.32 Å². The summed E-state index contributed by atoms with van der Waals surface area (Å²) in [6, 6.07) is 0.403. The standard InChI is InChI=1S/C11H11F5N2/c12-10(13)4-1-2-8(10)18-9-6-7(3-5-17-9)11(14,15)16/h3,5-6,8H,1-2,4H2,(H,17,18). The van der Waals surface area contributed by atoms with E-state index in [0.29, 0.717) is 6.42 Å². The highest BCUT2D eigenvalue weighted by Crippen LogP contribution is 2.37. The first kappa shape index (κ1) is 13.0. The zero-order valence-electron chi connectivity index (χ0n) is 9.27. The first-order valence-electron chi connectivity index (χ1n) is 5.47. The highest BCUT2D eigenvalue weighted by Gasteiger charge is 2.44. The van der Waals surface area contributed by atoms with Crippen molar-refractivity contribution in [2.45, 2.75) is 37.4 Å². The Morgan fingerprint density at radius 2 is 2.06 bits per heavy atom. The third kappa shape index (κ3) is 2.70. The molecule has 0 aliphatic heterocycles. The van der Waals surface area contributed by atoms with Crippen LogP contribution < -0.4 is 5.32 Å². The van der Waals surface area contributed by atoms with Crippen molar-refractivity contribution in [1.82, 2.24) is 4.98 Å². The molecule has 1 saturated carbocycles. The van der Waals surface area contributed by atoms with Gasteiger partial charge in [0.2, 0.25) is 0 Å². The lowest BCUT2D eigenvalue weighted by Gasteiger charge is -2.21. The van der Waals surface area contributed by atoms with Gasteiger partial charge >= 0.3 is 6.18 Å². The van der Waals surface area contributed by atoms with E-state index >= 15 is 0 Å². The lowest BCUT2D eigenvalue weighted by Crippen LogP contribution is -2.34. The summed E-state index contributed by atoms with van der Waals surface area (Å²) in [5, 5.41) is 2.38. The molecule has 7 heteroatoms. The zero-order chi connectivity index (χ0) is 13.4. The van der Waals surface area contributed by atoms with Gasteiger partial charge in [0.15, 0.2) is 0 Å². The monoisotopic (exact) mass is 266 g/mol. The highest BCUT2D eigenvalue weighted by atomic mass is 19.4. The normalized spacial score (nSPS) is 23.1. The number of alkyl halides is 5. The molecule has 0 spiro atoms. The summed E-state index contributed by atoms with van der Waals surface area (Å²) >= 11 is 0. The minimum Gasteiger partial charge on any atom is -0.361 e. The number of hydrogen-bond acceptors (Lipinski definition) is 2. The van der Waals surface area contributed by atoms with Gasteiger partial charge in [0.05, 0.1) is 11.6 Å². The SMILES string of the molecule is FC(F)(F)c1ccnc(NC2CCCC2(F)F)c1. The van der Waals surface area contributed by atoms with Gasteiger partial charge in [-0.3, -0.25) is 0 Å². The number of rotatable bonds is 2. The van der Waals surface area contributed by atoms with E-state index in [1.54, 1.807) is 0 Å². The molecule has 1 aliphatic rings. The van der Waals surface area contributed by atoms with Crippen LogP contribution in [0.3, 0.4) is 0 Å². The summed E-state index contributed by atoms with van der Waals surface area (Å²) in [4.78, 5) is 3.64. The van der Waals surface area contributed by atoms with Gasteiger partial charge in [-0.2, -0.15) is 13.2 Å². The third-order valence-electron chi connectivity index (χ3n) is 2.92. The molecule has 1 aromatic heterocycles. The third-order valence-corrected chi connectivity index (χ3v) is 2.92. The van der Waals surface area contributed by atoms with E-state index in [-0.39, 0.29) is 18.7 Å². The van der Waals surface area contributed by atoms with Gasteiger partial charge in [-0.1, -0.05) is 0 Å². The zero-order valence-corrected chi connectivity index (χ0v) is 9.27. The molecule has 2 nitrogen and oxygen atoms in total. The summed E-state index contributed by atoms with van der Waals surface area (Å²) in [6.07, 6.45) is -3.21. The van der Waals surface area contributed by atoms with Crippen LogP contribution in [-0.4, -0.2) is 16.9 Å². The van der Waals surface area contributed by atoms with Gasteiger partial charge in [-0.05, 0) is 25.0 Å². The molecule has 0 bridgehead atoms. The molecule has 1 atom stereocenters. The molecular weight excluding hydrogens is 255 g/mol. The molecule has 1 fully saturated rings. The van der Waals surface area contributed by atoms with Crippen LogP contribution >= 0.6 is 0 Å². The lowest BCUT2D eigenvalue weighted by molar-refractivity contribution is -0.137. The molecule has 100 valence electrons. The molecule has 1 unspecified atom stereocenters. The first-order chi connectivity index (χ1) is 8.29. The minimum atomic E-state index is -4.50. The highest BCUT2D eigenvalue weighted by molar-refractivity contribution is 5.40. The van der Waals surface area contributed by atoms with Crippen molar-refractivity contribution in [3.05, 3.63) is 23.9 Å². The molecule has 1 heterocycles. The quantitative estimate of drug-likeness (QED) is 0.825. The maximum atomic E-state index is 13.3. The maximum Gasteiger partial charge on any atom is 0.416 e. The van der Waals surface area contributed by atoms with E-state index in [0.717, 1.165) is 18.3 Å². The van der Waals surface area contributed by atoms with Crippen LogP contribution in [0, 0.1) is 0 Å². The van der Waals surface area contributed by atoms with Gasteiger partial charge in [0.25, 0.3) is 5.92 Å². The fourth-order valence-electron chi connectivity index (χ4n) is 1.97. The Balaban J connectivity index is 2.15. The molecule has 0 amide bonds. The smallest absolute Gasteiger partial charge is 0.361 e. The van der Waals surface area contributed by atoms with Crippen LogP contribution in [-0.2, 0) is 6.18 Å². The van der Waals surface area contributed by atoms with Crippen LogP contribution in [0.15, 0.2) is 18.3 Å². The fraction of sp³-hybridized carbons (Fsp3) is 0.545. The van der Waals surface area contributed by atoms with E-state index in [2.05, 4.69) is 10.3 Å². The second-order valence-electron chi connectivity index (χ2n) is 4.28.